The number of aliphatic imine (C=N–C) groups is 1. The molecule has 1 N–H and O–H groups in total. The van der Waals surface area contributed by atoms with Gasteiger partial charge in [-0.3, -0.25) is 9.67 Å². The summed E-state index contributed by atoms with van der Waals surface area (Å²) in [5.74, 6) is 2.87. The van der Waals surface area contributed by atoms with Gasteiger partial charge in [0.15, 0.2) is 5.96 Å². The maximum absolute atomic E-state index is 4.40. The van der Waals surface area contributed by atoms with E-state index in [-0.39, 0.29) is 0 Å². The average molecular weight is 296 g/mol. The lowest BCUT2D eigenvalue weighted by Crippen LogP contribution is -2.49. The highest BCUT2D eigenvalue weighted by atomic mass is 32.2. The highest BCUT2D eigenvalue weighted by molar-refractivity contribution is 8.00. The molecule has 2 rings (SSSR count). The summed E-state index contributed by atoms with van der Waals surface area (Å²) in [5.41, 5.74) is 0. The van der Waals surface area contributed by atoms with E-state index in [2.05, 4.69) is 50.9 Å². The maximum atomic E-state index is 4.40. The van der Waals surface area contributed by atoms with Crippen LogP contribution in [-0.4, -0.2) is 63.3 Å². The molecule has 1 aliphatic heterocycles. The molecule has 1 aromatic heterocycles. The van der Waals surface area contributed by atoms with Gasteiger partial charge in [-0.25, -0.2) is 4.98 Å². The SMILES string of the molecule is CN=C(NCCn1cncn1)N1CCSC(C(C)C)C1. The Bertz CT molecular complexity index is 417. The molecule has 0 radical (unpaired) electrons. The zero-order valence-corrected chi connectivity index (χ0v) is 13.3. The van der Waals surface area contributed by atoms with Gasteiger partial charge in [-0.1, -0.05) is 13.8 Å². The van der Waals surface area contributed by atoms with E-state index in [1.165, 1.54) is 5.75 Å². The van der Waals surface area contributed by atoms with Gasteiger partial charge in [0.2, 0.25) is 0 Å². The van der Waals surface area contributed by atoms with Crippen molar-refractivity contribution in [1.29, 1.82) is 0 Å². The first-order chi connectivity index (χ1) is 9.70. The van der Waals surface area contributed by atoms with Gasteiger partial charge in [-0.15, -0.1) is 0 Å². The molecule has 6 nitrogen and oxygen atoms in total. The molecule has 1 unspecified atom stereocenters. The second kappa shape index (κ2) is 7.52. The van der Waals surface area contributed by atoms with Crippen molar-refractivity contribution in [1.82, 2.24) is 25.0 Å². The zero-order chi connectivity index (χ0) is 14.4. The van der Waals surface area contributed by atoms with Crippen LogP contribution in [0.4, 0.5) is 0 Å². The van der Waals surface area contributed by atoms with Crippen molar-refractivity contribution >= 4 is 17.7 Å². The summed E-state index contributed by atoms with van der Waals surface area (Å²) in [6, 6.07) is 0. The van der Waals surface area contributed by atoms with Crippen LogP contribution >= 0.6 is 11.8 Å². The molecular formula is C13H24N6S. The summed E-state index contributed by atoms with van der Waals surface area (Å²) in [4.78, 5) is 10.7. The van der Waals surface area contributed by atoms with Crippen molar-refractivity contribution in [2.75, 3.05) is 32.4 Å². The highest BCUT2D eigenvalue weighted by Crippen LogP contribution is 2.24. The number of guanidine groups is 1. The maximum Gasteiger partial charge on any atom is 0.193 e. The highest BCUT2D eigenvalue weighted by Gasteiger charge is 2.24. The van der Waals surface area contributed by atoms with Crippen LogP contribution in [0, 0.1) is 5.92 Å². The number of hydrogen-bond donors (Lipinski definition) is 1. The minimum absolute atomic E-state index is 0.692. The molecule has 2 heterocycles. The van der Waals surface area contributed by atoms with Gasteiger partial charge in [0.05, 0.1) is 6.54 Å². The van der Waals surface area contributed by atoms with Crippen molar-refractivity contribution in [2.45, 2.75) is 25.6 Å². The van der Waals surface area contributed by atoms with Gasteiger partial charge in [-0.2, -0.15) is 16.9 Å². The minimum Gasteiger partial charge on any atom is -0.354 e. The molecule has 1 saturated heterocycles. The van der Waals surface area contributed by atoms with Crippen LogP contribution in [0.2, 0.25) is 0 Å². The van der Waals surface area contributed by atoms with Crippen molar-refractivity contribution in [3.8, 4) is 0 Å². The summed E-state index contributed by atoms with van der Waals surface area (Å²) in [6.07, 6.45) is 3.29. The number of nitrogens with zero attached hydrogens (tertiary/aromatic N) is 5. The zero-order valence-electron chi connectivity index (χ0n) is 12.5. The molecule has 1 atom stereocenters. The van der Waals surface area contributed by atoms with E-state index in [0.717, 1.165) is 32.1 Å². The molecule has 0 aromatic carbocycles. The number of hydrogen-bond acceptors (Lipinski definition) is 4. The molecule has 1 fully saturated rings. The van der Waals surface area contributed by atoms with Gasteiger partial charge in [0.25, 0.3) is 0 Å². The molecule has 112 valence electrons. The standard InChI is InChI=1S/C13H24N6S/c1-11(2)12-8-18(6-7-20-12)13(14-3)16-4-5-19-10-15-9-17-19/h9-12H,4-8H2,1-3H3,(H,14,16). The first kappa shape index (κ1) is 15.2. The van der Waals surface area contributed by atoms with E-state index < -0.39 is 0 Å². The summed E-state index contributed by atoms with van der Waals surface area (Å²) < 4.78 is 1.82. The van der Waals surface area contributed by atoms with Gasteiger partial charge in [0.1, 0.15) is 12.7 Å². The number of aromatic nitrogens is 3. The van der Waals surface area contributed by atoms with Crippen LogP contribution in [0.15, 0.2) is 17.6 Å². The molecule has 0 aliphatic carbocycles. The number of thioether (sulfide) groups is 1. The van der Waals surface area contributed by atoms with E-state index in [0.29, 0.717) is 11.2 Å². The van der Waals surface area contributed by atoms with E-state index in [4.69, 9.17) is 0 Å². The summed E-state index contributed by atoms with van der Waals surface area (Å²) in [7, 11) is 1.85. The topological polar surface area (TPSA) is 58.3 Å². The molecule has 0 bridgehead atoms. The summed E-state index contributed by atoms with van der Waals surface area (Å²) in [5, 5.41) is 8.20. The third-order valence-corrected chi connectivity index (χ3v) is 4.98. The quantitative estimate of drug-likeness (QED) is 0.661. The predicted octanol–water partition coefficient (Wildman–Crippen LogP) is 0.927. The summed E-state index contributed by atoms with van der Waals surface area (Å²) >= 11 is 2.08. The largest absolute Gasteiger partial charge is 0.354 e. The van der Waals surface area contributed by atoms with Gasteiger partial charge >= 0.3 is 0 Å². The monoisotopic (exact) mass is 296 g/mol. The number of nitrogens with one attached hydrogen (secondary N) is 1. The van der Waals surface area contributed by atoms with Gasteiger partial charge < -0.3 is 10.2 Å². The van der Waals surface area contributed by atoms with Crippen LogP contribution in [0.5, 0.6) is 0 Å². The first-order valence-electron chi connectivity index (χ1n) is 7.10. The second-order valence-electron chi connectivity index (χ2n) is 5.23. The Hall–Kier alpha value is -1.24. The lowest BCUT2D eigenvalue weighted by Gasteiger charge is -2.36. The molecule has 1 aromatic rings. The molecule has 0 saturated carbocycles. The molecule has 7 heteroatoms. The van der Waals surface area contributed by atoms with E-state index in [1.807, 2.05) is 11.7 Å². The Balaban J connectivity index is 1.82. The Labute approximate surface area is 125 Å². The van der Waals surface area contributed by atoms with Gasteiger partial charge in [-0.05, 0) is 5.92 Å². The fourth-order valence-electron chi connectivity index (χ4n) is 2.23. The van der Waals surface area contributed by atoms with Crippen LogP contribution in [-0.2, 0) is 6.54 Å². The fraction of sp³-hybridized carbons (Fsp3) is 0.769. The van der Waals surface area contributed by atoms with E-state index in [9.17, 15) is 0 Å². The first-order valence-corrected chi connectivity index (χ1v) is 8.15. The van der Waals surface area contributed by atoms with Crippen molar-refractivity contribution in [3.05, 3.63) is 12.7 Å². The van der Waals surface area contributed by atoms with Gasteiger partial charge in [0, 0.05) is 37.7 Å². The lowest BCUT2D eigenvalue weighted by atomic mass is 10.1. The Morgan fingerprint density at radius 2 is 2.40 bits per heavy atom. The number of rotatable bonds is 4. The summed E-state index contributed by atoms with van der Waals surface area (Å²) in [6.45, 7) is 8.34. The molecular weight excluding hydrogens is 272 g/mol. The van der Waals surface area contributed by atoms with Crippen LogP contribution in [0.3, 0.4) is 0 Å². The minimum atomic E-state index is 0.692. The van der Waals surface area contributed by atoms with Crippen molar-refractivity contribution in [3.63, 3.8) is 0 Å². The Morgan fingerprint density at radius 1 is 1.55 bits per heavy atom. The van der Waals surface area contributed by atoms with Crippen LogP contribution < -0.4 is 5.32 Å². The average Bonchev–Trinajstić information content (AvgIpc) is 2.97. The molecule has 0 spiro atoms. The van der Waals surface area contributed by atoms with Crippen LogP contribution in [0.25, 0.3) is 0 Å². The third kappa shape index (κ3) is 4.13. The molecule has 1 aliphatic rings. The fourth-order valence-corrected chi connectivity index (χ4v) is 3.53. The Kier molecular flexibility index (Phi) is 5.70. The van der Waals surface area contributed by atoms with E-state index >= 15 is 0 Å². The lowest BCUT2D eigenvalue weighted by molar-refractivity contribution is 0.379. The molecule has 0 amide bonds. The van der Waals surface area contributed by atoms with Crippen molar-refractivity contribution < 1.29 is 0 Å². The Morgan fingerprint density at radius 3 is 3.05 bits per heavy atom. The van der Waals surface area contributed by atoms with E-state index in [1.54, 1.807) is 12.7 Å². The molecule has 20 heavy (non-hydrogen) atoms. The second-order valence-corrected chi connectivity index (χ2v) is 6.58. The van der Waals surface area contributed by atoms with Crippen molar-refractivity contribution in [2.24, 2.45) is 10.9 Å². The predicted molar refractivity (Wildman–Crippen MR) is 84.0 cm³/mol. The van der Waals surface area contributed by atoms with Crippen LogP contribution in [0.1, 0.15) is 13.8 Å². The normalized spacial score (nSPS) is 20.5. The smallest absolute Gasteiger partial charge is 0.193 e. The third-order valence-electron chi connectivity index (χ3n) is 3.44.